The molecule has 1 heterocycles. The molecule has 1 aliphatic rings. The Kier molecular flexibility index (Phi) is 2.84. The lowest BCUT2D eigenvalue weighted by Gasteiger charge is -2.08. The molecule has 1 atom stereocenters. The van der Waals surface area contributed by atoms with E-state index in [0.717, 1.165) is 22.2 Å². The van der Waals surface area contributed by atoms with Crippen molar-refractivity contribution < 1.29 is 4.84 Å². The van der Waals surface area contributed by atoms with E-state index in [0.29, 0.717) is 6.54 Å². The van der Waals surface area contributed by atoms with Crippen LogP contribution in [0.15, 0.2) is 33.9 Å². The van der Waals surface area contributed by atoms with Gasteiger partial charge in [-0.25, -0.2) is 0 Å². The van der Waals surface area contributed by atoms with Crippen molar-refractivity contribution in [3.05, 3.63) is 34.3 Å². The Balaban J connectivity index is 2.12. The zero-order valence-electron chi connectivity index (χ0n) is 7.61. The van der Waals surface area contributed by atoms with E-state index in [4.69, 9.17) is 10.6 Å². The summed E-state index contributed by atoms with van der Waals surface area (Å²) in [6.07, 6.45) is 0.832. The third-order valence-corrected chi connectivity index (χ3v) is 2.68. The van der Waals surface area contributed by atoms with Crippen LogP contribution in [-0.2, 0) is 4.84 Å². The number of rotatable bonds is 2. The molecular formula is C10H11BrN2O. The molecule has 14 heavy (non-hydrogen) atoms. The fraction of sp³-hybridized carbons (Fsp3) is 0.300. The lowest BCUT2D eigenvalue weighted by Crippen LogP contribution is -2.12. The van der Waals surface area contributed by atoms with Gasteiger partial charge in [0.25, 0.3) is 0 Å². The molecule has 3 nitrogen and oxygen atoms in total. The molecule has 4 heteroatoms. The largest absolute Gasteiger partial charge is 0.387 e. The molecule has 0 amide bonds. The summed E-state index contributed by atoms with van der Waals surface area (Å²) in [5.41, 5.74) is 7.54. The monoisotopic (exact) mass is 254 g/mol. The zero-order valence-corrected chi connectivity index (χ0v) is 9.20. The van der Waals surface area contributed by atoms with Crippen LogP contribution in [0.25, 0.3) is 0 Å². The molecule has 0 spiro atoms. The number of halogens is 1. The maximum absolute atomic E-state index is 5.48. The Hall–Kier alpha value is -0.870. The van der Waals surface area contributed by atoms with Crippen LogP contribution in [0.1, 0.15) is 18.1 Å². The second-order valence-electron chi connectivity index (χ2n) is 3.21. The number of nitrogens with two attached hydrogens (primary N) is 1. The van der Waals surface area contributed by atoms with E-state index >= 15 is 0 Å². The number of hydrogen-bond donors (Lipinski definition) is 1. The van der Waals surface area contributed by atoms with Crippen LogP contribution in [-0.4, -0.2) is 12.3 Å². The van der Waals surface area contributed by atoms with Gasteiger partial charge in [0.05, 0.1) is 5.71 Å². The van der Waals surface area contributed by atoms with Crippen LogP contribution in [0.5, 0.6) is 0 Å². The van der Waals surface area contributed by atoms with Crippen molar-refractivity contribution in [1.82, 2.24) is 0 Å². The molecule has 0 aromatic heterocycles. The first-order valence-corrected chi connectivity index (χ1v) is 5.26. The van der Waals surface area contributed by atoms with Gasteiger partial charge in [-0.2, -0.15) is 0 Å². The summed E-state index contributed by atoms with van der Waals surface area (Å²) in [7, 11) is 0. The molecule has 1 aromatic carbocycles. The Morgan fingerprint density at radius 3 is 3.07 bits per heavy atom. The van der Waals surface area contributed by atoms with E-state index in [1.807, 2.05) is 24.3 Å². The van der Waals surface area contributed by atoms with E-state index in [9.17, 15) is 0 Å². The number of benzene rings is 1. The van der Waals surface area contributed by atoms with Gasteiger partial charge in [-0.05, 0) is 17.7 Å². The van der Waals surface area contributed by atoms with Crippen LogP contribution in [0.2, 0.25) is 0 Å². The minimum Gasteiger partial charge on any atom is -0.387 e. The van der Waals surface area contributed by atoms with Gasteiger partial charge in [0, 0.05) is 17.4 Å². The SMILES string of the molecule is NCC1=NOC(c2cccc(Br)c2)C1. The number of oxime groups is 1. The molecule has 2 N–H and O–H groups in total. The number of nitrogens with zero attached hydrogens (tertiary/aromatic N) is 1. The number of hydrogen-bond acceptors (Lipinski definition) is 3. The van der Waals surface area contributed by atoms with E-state index in [2.05, 4.69) is 21.1 Å². The molecule has 74 valence electrons. The summed E-state index contributed by atoms with van der Waals surface area (Å²) < 4.78 is 1.06. The van der Waals surface area contributed by atoms with Crippen molar-refractivity contribution in [3.8, 4) is 0 Å². The van der Waals surface area contributed by atoms with Crippen molar-refractivity contribution >= 4 is 21.6 Å². The maximum Gasteiger partial charge on any atom is 0.158 e. The first-order chi connectivity index (χ1) is 6.79. The van der Waals surface area contributed by atoms with E-state index in [1.165, 1.54) is 0 Å². The van der Waals surface area contributed by atoms with Gasteiger partial charge in [-0.3, -0.25) is 0 Å². The predicted molar refractivity (Wildman–Crippen MR) is 59.1 cm³/mol. The highest BCUT2D eigenvalue weighted by atomic mass is 79.9. The standard InChI is InChI=1S/C10H11BrN2O/c11-8-3-1-2-7(4-8)10-5-9(6-12)13-14-10/h1-4,10H,5-6,12H2. The van der Waals surface area contributed by atoms with Crippen molar-refractivity contribution in [2.45, 2.75) is 12.5 Å². The summed E-state index contributed by atoms with van der Waals surface area (Å²) in [5, 5.41) is 3.92. The molecule has 0 bridgehead atoms. The molecule has 0 saturated carbocycles. The van der Waals surface area contributed by atoms with Crippen LogP contribution in [0.3, 0.4) is 0 Å². The first kappa shape index (κ1) is 9.68. The molecule has 1 unspecified atom stereocenters. The lowest BCUT2D eigenvalue weighted by atomic mass is 10.1. The highest BCUT2D eigenvalue weighted by molar-refractivity contribution is 9.10. The Labute approximate surface area is 91.1 Å². The van der Waals surface area contributed by atoms with Crippen LogP contribution in [0, 0.1) is 0 Å². The van der Waals surface area contributed by atoms with Gasteiger partial charge in [-0.1, -0.05) is 33.2 Å². The fourth-order valence-corrected chi connectivity index (χ4v) is 1.85. The smallest absolute Gasteiger partial charge is 0.158 e. The Morgan fingerprint density at radius 2 is 2.43 bits per heavy atom. The van der Waals surface area contributed by atoms with Crippen molar-refractivity contribution in [1.29, 1.82) is 0 Å². The molecule has 1 aromatic rings. The van der Waals surface area contributed by atoms with Gasteiger partial charge in [-0.15, -0.1) is 0 Å². The lowest BCUT2D eigenvalue weighted by molar-refractivity contribution is 0.0857. The van der Waals surface area contributed by atoms with Gasteiger partial charge in [0.15, 0.2) is 6.10 Å². The predicted octanol–water partition coefficient (Wildman–Crippen LogP) is 2.23. The zero-order chi connectivity index (χ0) is 9.97. The van der Waals surface area contributed by atoms with Gasteiger partial charge in [0.1, 0.15) is 0 Å². The third kappa shape index (κ3) is 1.96. The van der Waals surface area contributed by atoms with E-state index < -0.39 is 0 Å². The van der Waals surface area contributed by atoms with Crippen molar-refractivity contribution in [3.63, 3.8) is 0 Å². The minimum absolute atomic E-state index is 0.0334. The summed E-state index contributed by atoms with van der Waals surface area (Å²) >= 11 is 3.42. The summed E-state index contributed by atoms with van der Waals surface area (Å²) in [4.78, 5) is 5.28. The molecule has 0 radical (unpaired) electrons. The van der Waals surface area contributed by atoms with Crippen LogP contribution < -0.4 is 5.73 Å². The quantitative estimate of drug-likeness (QED) is 0.880. The van der Waals surface area contributed by atoms with Crippen molar-refractivity contribution in [2.75, 3.05) is 6.54 Å². The molecular weight excluding hydrogens is 244 g/mol. The molecule has 0 aliphatic carbocycles. The third-order valence-electron chi connectivity index (χ3n) is 2.19. The fourth-order valence-electron chi connectivity index (χ4n) is 1.43. The van der Waals surface area contributed by atoms with E-state index in [1.54, 1.807) is 0 Å². The van der Waals surface area contributed by atoms with Gasteiger partial charge >= 0.3 is 0 Å². The maximum atomic E-state index is 5.48. The highest BCUT2D eigenvalue weighted by Gasteiger charge is 2.21. The van der Waals surface area contributed by atoms with Crippen molar-refractivity contribution in [2.24, 2.45) is 10.9 Å². The second-order valence-corrected chi connectivity index (χ2v) is 4.13. The minimum atomic E-state index is 0.0334. The average Bonchev–Trinajstić information content (AvgIpc) is 2.66. The first-order valence-electron chi connectivity index (χ1n) is 4.46. The topological polar surface area (TPSA) is 47.6 Å². The molecule has 0 fully saturated rings. The molecule has 2 rings (SSSR count). The normalized spacial score (nSPS) is 20.4. The average molecular weight is 255 g/mol. The van der Waals surface area contributed by atoms with E-state index in [-0.39, 0.29) is 6.10 Å². The van der Waals surface area contributed by atoms with Gasteiger partial charge < -0.3 is 10.6 Å². The molecule has 1 aliphatic heterocycles. The summed E-state index contributed by atoms with van der Waals surface area (Å²) in [5.74, 6) is 0. The van der Waals surface area contributed by atoms with Crippen LogP contribution in [0.4, 0.5) is 0 Å². The summed E-state index contributed by atoms with van der Waals surface area (Å²) in [6.45, 7) is 0.477. The highest BCUT2D eigenvalue weighted by Crippen LogP contribution is 2.28. The van der Waals surface area contributed by atoms with Gasteiger partial charge in [0.2, 0.25) is 0 Å². The summed E-state index contributed by atoms with van der Waals surface area (Å²) in [6, 6.07) is 8.05. The second kappa shape index (κ2) is 4.11. The Morgan fingerprint density at radius 1 is 1.57 bits per heavy atom. The molecule has 0 saturated heterocycles. The Bertz CT molecular complexity index is 365. The van der Waals surface area contributed by atoms with Crippen LogP contribution >= 0.6 is 15.9 Å².